The minimum absolute atomic E-state index is 0.114. The molecule has 0 bridgehead atoms. The van der Waals surface area contributed by atoms with Crippen LogP contribution in [0.15, 0.2) is 30.3 Å². The summed E-state index contributed by atoms with van der Waals surface area (Å²) in [6.45, 7) is 10.5. The number of hydrogen-bond donors (Lipinski definition) is 0. The molecular formula is C18H27NO2. The highest BCUT2D eigenvalue weighted by Gasteiger charge is 2.49. The fourth-order valence-electron chi connectivity index (χ4n) is 3.30. The maximum absolute atomic E-state index is 12.0. The molecule has 0 amide bonds. The first-order valence-corrected chi connectivity index (χ1v) is 8.01. The summed E-state index contributed by atoms with van der Waals surface area (Å²) < 4.78 is 5.98. The van der Waals surface area contributed by atoms with Crippen LogP contribution in [0.5, 0.6) is 0 Å². The number of rotatable bonds is 5. The summed E-state index contributed by atoms with van der Waals surface area (Å²) >= 11 is 0. The molecule has 2 rings (SSSR count). The number of hydrogen-bond acceptors (Lipinski definition) is 3. The number of nitrogens with zero attached hydrogens (tertiary/aromatic N) is 1. The van der Waals surface area contributed by atoms with Crippen molar-refractivity contribution in [2.45, 2.75) is 52.2 Å². The van der Waals surface area contributed by atoms with E-state index in [2.05, 4.69) is 37.8 Å². The van der Waals surface area contributed by atoms with E-state index in [0.717, 1.165) is 25.1 Å². The third kappa shape index (κ3) is 3.29. The molecule has 1 heterocycles. The Morgan fingerprint density at radius 1 is 1.38 bits per heavy atom. The van der Waals surface area contributed by atoms with Crippen LogP contribution in [0.4, 0.5) is 0 Å². The van der Waals surface area contributed by atoms with E-state index in [-0.39, 0.29) is 12.0 Å². The predicted molar refractivity (Wildman–Crippen MR) is 85.0 cm³/mol. The molecule has 0 saturated carbocycles. The van der Waals surface area contributed by atoms with Gasteiger partial charge >= 0.3 is 5.97 Å². The zero-order valence-electron chi connectivity index (χ0n) is 13.6. The van der Waals surface area contributed by atoms with Gasteiger partial charge in [0.25, 0.3) is 0 Å². The van der Waals surface area contributed by atoms with Crippen LogP contribution in [0.3, 0.4) is 0 Å². The first kappa shape index (κ1) is 16.0. The van der Waals surface area contributed by atoms with Crippen molar-refractivity contribution >= 4 is 5.97 Å². The van der Waals surface area contributed by atoms with E-state index in [4.69, 9.17) is 4.74 Å². The fourth-order valence-corrected chi connectivity index (χ4v) is 3.30. The molecule has 3 heteroatoms. The Balaban J connectivity index is 2.32. The summed E-state index contributed by atoms with van der Waals surface area (Å²) in [5.41, 5.74) is 0.619. The van der Waals surface area contributed by atoms with Crippen molar-refractivity contribution in [1.29, 1.82) is 0 Å². The first-order valence-electron chi connectivity index (χ1n) is 8.01. The van der Waals surface area contributed by atoms with Gasteiger partial charge < -0.3 is 4.74 Å². The Morgan fingerprint density at radius 3 is 2.62 bits per heavy atom. The van der Waals surface area contributed by atoms with E-state index < -0.39 is 5.60 Å². The average Bonchev–Trinajstić information content (AvgIpc) is 2.78. The Labute approximate surface area is 128 Å². The summed E-state index contributed by atoms with van der Waals surface area (Å²) in [6, 6.07) is 10.4. The summed E-state index contributed by atoms with van der Waals surface area (Å²) in [5.74, 6) is 0.498. The molecule has 116 valence electrons. The Kier molecular flexibility index (Phi) is 5.04. The van der Waals surface area contributed by atoms with Gasteiger partial charge in [-0.3, -0.25) is 9.69 Å². The largest absolute Gasteiger partial charge is 0.452 e. The zero-order chi connectivity index (χ0) is 15.5. The molecule has 1 aromatic rings. The van der Waals surface area contributed by atoms with Gasteiger partial charge in [0.15, 0.2) is 5.60 Å². The lowest BCUT2D eigenvalue weighted by molar-refractivity contribution is -0.163. The standard InChI is InChI=1S/C18H27NO2/c1-5-17(20)21-18(16-9-7-6-8-10-16)11-12-19(15(18)4)13-14(2)3/h6-10,14-15H,5,11-13H2,1-4H3. The minimum atomic E-state index is -0.497. The molecule has 2 atom stereocenters. The lowest BCUT2D eigenvalue weighted by Crippen LogP contribution is -2.44. The van der Waals surface area contributed by atoms with E-state index in [9.17, 15) is 4.79 Å². The number of esters is 1. The van der Waals surface area contributed by atoms with Gasteiger partial charge in [-0.05, 0) is 18.4 Å². The van der Waals surface area contributed by atoms with Crippen LogP contribution in [0.1, 0.15) is 46.1 Å². The van der Waals surface area contributed by atoms with Crippen LogP contribution in [0, 0.1) is 5.92 Å². The smallest absolute Gasteiger partial charge is 0.306 e. The van der Waals surface area contributed by atoms with E-state index in [1.165, 1.54) is 0 Å². The molecule has 1 aliphatic heterocycles. The molecule has 21 heavy (non-hydrogen) atoms. The molecule has 1 fully saturated rings. The van der Waals surface area contributed by atoms with Gasteiger partial charge in [-0.25, -0.2) is 0 Å². The summed E-state index contributed by atoms with van der Waals surface area (Å²) in [5, 5.41) is 0. The van der Waals surface area contributed by atoms with Gasteiger partial charge in [0, 0.05) is 25.9 Å². The minimum Gasteiger partial charge on any atom is -0.452 e. The van der Waals surface area contributed by atoms with Gasteiger partial charge in [-0.15, -0.1) is 0 Å². The van der Waals surface area contributed by atoms with E-state index >= 15 is 0 Å². The maximum Gasteiger partial charge on any atom is 0.306 e. The third-order valence-electron chi connectivity index (χ3n) is 4.44. The summed E-state index contributed by atoms with van der Waals surface area (Å²) in [4.78, 5) is 14.4. The number of likely N-dealkylation sites (tertiary alicyclic amines) is 1. The first-order chi connectivity index (χ1) is 9.99. The van der Waals surface area contributed by atoms with Gasteiger partial charge in [0.2, 0.25) is 0 Å². The SMILES string of the molecule is CCC(=O)OC1(c2ccccc2)CCN(CC(C)C)C1C. The molecule has 0 spiro atoms. The molecule has 0 radical (unpaired) electrons. The van der Waals surface area contributed by atoms with Crippen LogP contribution >= 0.6 is 0 Å². The van der Waals surface area contributed by atoms with E-state index in [0.29, 0.717) is 12.3 Å². The Morgan fingerprint density at radius 2 is 2.05 bits per heavy atom. The van der Waals surface area contributed by atoms with Crippen LogP contribution in [-0.2, 0) is 15.1 Å². The molecule has 0 aromatic heterocycles. The summed E-state index contributed by atoms with van der Waals surface area (Å²) in [6.07, 6.45) is 1.29. The highest BCUT2D eigenvalue weighted by atomic mass is 16.6. The van der Waals surface area contributed by atoms with Crippen molar-refractivity contribution in [2.24, 2.45) is 5.92 Å². The zero-order valence-corrected chi connectivity index (χ0v) is 13.6. The van der Waals surface area contributed by atoms with Crippen LogP contribution in [0.25, 0.3) is 0 Å². The molecule has 0 aliphatic carbocycles. The van der Waals surface area contributed by atoms with Crippen molar-refractivity contribution in [3.05, 3.63) is 35.9 Å². The Bertz CT molecular complexity index is 471. The third-order valence-corrected chi connectivity index (χ3v) is 4.44. The monoisotopic (exact) mass is 289 g/mol. The van der Waals surface area contributed by atoms with Gasteiger partial charge in [0.1, 0.15) is 0 Å². The topological polar surface area (TPSA) is 29.5 Å². The quantitative estimate of drug-likeness (QED) is 0.776. The average molecular weight is 289 g/mol. The molecule has 2 unspecified atom stereocenters. The Hall–Kier alpha value is -1.35. The molecule has 1 aliphatic rings. The number of carbonyl (C=O) groups excluding carboxylic acids is 1. The van der Waals surface area contributed by atoms with Crippen molar-refractivity contribution in [3.63, 3.8) is 0 Å². The van der Waals surface area contributed by atoms with Gasteiger partial charge in [-0.2, -0.15) is 0 Å². The fraction of sp³-hybridized carbons (Fsp3) is 0.611. The van der Waals surface area contributed by atoms with Crippen LogP contribution < -0.4 is 0 Å². The molecular weight excluding hydrogens is 262 g/mol. The molecule has 0 N–H and O–H groups in total. The number of carbonyl (C=O) groups is 1. The lowest BCUT2D eigenvalue weighted by atomic mass is 9.86. The van der Waals surface area contributed by atoms with Crippen LogP contribution in [0.2, 0.25) is 0 Å². The normalized spacial score (nSPS) is 26.2. The van der Waals surface area contributed by atoms with Crippen molar-refractivity contribution in [1.82, 2.24) is 4.90 Å². The van der Waals surface area contributed by atoms with Crippen molar-refractivity contribution < 1.29 is 9.53 Å². The van der Waals surface area contributed by atoms with E-state index in [1.54, 1.807) is 0 Å². The van der Waals surface area contributed by atoms with Gasteiger partial charge in [-0.1, -0.05) is 51.1 Å². The highest BCUT2D eigenvalue weighted by Crippen LogP contribution is 2.41. The second kappa shape index (κ2) is 6.61. The second-order valence-electron chi connectivity index (χ2n) is 6.40. The molecule has 1 aromatic carbocycles. The second-order valence-corrected chi connectivity index (χ2v) is 6.40. The predicted octanol–water partition coefficient (Wildman–Crippen LogP) is 3.59. The molecule has 1 saturated heterocycles. The van der Waals surface area contributed by atoms with Crippen LogP contribution in [-0.4, -0.2) is 30.0 Å². The van der Waals surface area contributed by atoms with Gasteiger partial charge in [0.05, 0.1) is 6.04 Å². The molecule has 3 nitrogen and oxygen atoms in total. The van der Waals surface area contributed by atoms with Crippen molar-refractivity contribution in [3.8, 4) is 0 Å². The maximum atomic E-state index is 12.0. The number of ether oxygens (including phenoxy) is 1. The van der Waals surface area contributed by atoms with Crippen molar-refractivity contribution in [2.75, 3.05) is 13.1 Å². The highest BCUT2D eigenvalue weighted by molar-refractivity contribution is 5.70. The van der Waals surface area contributed by atoms with E-state index in [1.807, 2.05) is 25.1 Å². The summed E-state index contributed by atoms with van der Waals surface area (Å²) in [7, 11) is 0. The number of benzene rings is 1. The lowest BCUT2D eigenvalue weighted by Gasteiger charge is -2.36.